The van der Waals surface area contributed by atoms with Gasteiger partial charge in [-0.1, -0.05) is 0 Å². The molecule has 1 heterocycles. The predicted octanol–water partition coefficient (Wildman–Crippen LogP) is 3.44. The summed E-state index contributed by atoms with van der Waals surface area (Å²) in [4.78, 5) is 13.6. The van der Waals surface area contributed by atoms with Crippen LogP contribution in [0.15, 0.2) is 18.2 Å². The standard InChI is InChI=1S/C13H13ClF2N4O/c1-3-20(4-2)12-17-11(14)18-13(19-12)21-10-7-8(15)5-6-9(10)16/h5-7H,3-4H2,1-2H3. The molecule has 2 aromatic rings. The average molecular weight is 315 g/mol. The first kappa shape index (κ1) is 15.4. The third-order valence-electron chi connectivity index (χ3n) is 2.72. The first-order valence-electron chi connectivity index (χ1n) is 6.33. The Morgan fingerprint density at radius 2 is 1.86 bits per heavy atom. The fourth-order valence-electron chi connectivity index (χ4n) is 1.67. The van der Waals surface area contributed by atoms with E-state index in [1.807, 2.05) is 18.7 Å². The van der Waals surface area contributed by atoms with Crippen LogP contribution < -0.4 is 9.64 Å². The Labute approximate surface area is 125 Å². The topological polar surface area (TPSA) is 51.1 Å². The smallest absolute Gasteiger partial charge is 0.328 e. The second-order valence-electron chi connectivity index (χ2n) is 4.04. The van der Waals surface area contributed by atoms with E-state index in [9.17, 15) is 8.78 Å². The van der Waals surface area contributed by atoms with Gasteiger partial charge in [0.05, 0.1) is 0 Å². The lowest BCUT2D eigenvalue weighted by molar-refractivity contribution is 0.405. The average Bonchev–Trinajstić information content (AvgIpc) is 2.44. The van der Waals surface area contributed by atoms with E-state index in [1.54, 1.807) is 0 Å². The monoisotopic (exact) mass is 314 g/mol. The van der Waals surface area contributed by atoms with Gasteiger partial charge in [0.2, 0.25) is 11.2 Å². The molecule has 1 aromatic carbocycles. The van der Waals surface area contributed by atoms with Gasteiger partial charge >= 0.3 is 6.01 Å². The van der Waals surface area contributed by atoms with Gasteiger partial charge in [0.25, 0.3) is 0 Å². The molecule has 0 saturated heterocycles. The van der Waals surface area contributed by atoms with Crippen molar-refractivity contribution in [3.8, 4) is 11.8 Å². The number of aromatic nitrogens is 3. The molecule has 0 amide bonds. The van der Waals surface area contributed by atoms with E-state index in [0.717, 1.165) is 18.2 Å². The molecule has 0 bridgehead atoms. The maximum absolute atomic E-state index is 13.5. The molecule has 0 aliphatic heterocycles. The van der Waals surface area contributed by atoms with Crippen LogP contribution in [-0.4, -0.2) is 28.0 Å². The van der Waals surface area contributed by atoms with Crippen LogP contribution in [0.1, 0.15) is 13.8 Å². The van der Waals surface area contributed by atoms with Crippen molar-refractivity contribution in [2.24, 2.45) is 0 Å². The normalized spacial score (nSPS) is 10.5. The number of rotatable bonds is 5. The van der Waals surface area contributed by atoms with Crippen LogP contribution in [0.25, 0.3) is 0 Å². The third-order valence-corrected chi connectivity index (χ3v) is 2.89. The van der Waals surface area contributed by atoms with Gasteiger partial charge in [0, 0.05) is 19.2 Å². The summed E-state index contributed by atoms with van der Waals surface area (Å²) in [7, 11) is 0. The Morgan fingerprint density at radius 1 is 1.14 bits per heavy atom. The summed E-state index contributed by atoms with van der Waals surface area (Å²) < 4.78 is 31.8. The quantitative estimate of drug-likeness (QED) is 0.846. The van der Waals surface area contributed by atoms with Crippen molar-refractivity contribution in [3.05, 3.63) is 35.1 Å². The minimum absolute atomic E-state index is 0.0845. The van der Waals surface area contributed by atoms with Crippen LogP contribution in [0.3, 0.4) is 0 Å². The van der Waals surface area contributed by atoms with Gasteiger partial charge in [-0.3, -0.25) is 0 Å². The highest BCUT2D eigenvalue weighted by molar-refractivity contribution is 6.28. The fraction of sp³-hybridized carbons (Fsp3) is 0.308. The molecule has 1 aromatic heterocycles. The number of halogens is 3. The number of ether oxygens (including phenoxy) is 1. The molecule has 0 saturated carbocycles. The number of hydrogen-bond donors (Lipinski definition) is 0. The Morgan fingerprint density at radius 3 is 2.52 bits per heavy atom. The van der Waals surface area contributed by atoms with Crippen molar-refractivity contribution < 1.29 is 13.5 Å². The zero-order valence-electron chi connectivity index (χ0n) is 11.5. The molecule has 112 valence electrons. The molecular formula is C13H13ClF2N4O. The van der Waals surface area contributed by atoms with Gasteiger partial charge in [0.1, 0.15) is 5.82 Å². The lowest BCUT2D eigenvalue weighted by Gasteiger charge is -2.18. The maximum Gasteiger partial charge on any atom is 0.328 e. The van der Waals surface area contributed by atoms with E-state index in [1.165, 1.54) is 0 Å². The first-order valence-corrected chi connectivity index (χ1v) is 6.70. The van der Waals surface area contributed by atoms with Gasteiger partial charge in [-0.05, 0) is 37.6 Å². The first-order chi connectivity index (χ1) is 10.0. The molecule has 0 N–H and O–H groups in total. The minimum Gasteiger partial charge on any atom is -0.421 e. The van der Waals surface area contributed by atoms with E-state index in [-0.39, 0.29) is 17.0 Å². The largest absolute Gasteiger partial charge is 0.421 e. The molecule has 2 rings (SSSR count). The Hall–Kier alpha value is -2.02. The van der Waals surface area contributed by atoms with Gasteiger partial charge in [-0.15, -0.1) is 0 Å². The van der Waals surface area contributed by atoms with Crippen LogP contribution in [0.4, 0.5) is 14.7 Å². The van der Waals surface area contributed by atoms with Crippen molar-refractivity contribution in [1.82, 2.24) is 15.0 Å². The summed E-state index contributed by atoms with van der Waals surface area (Å²) in [5.74, 6) is -1.36. The summed E-state index contributed by atoms with van der Waals surface area (Å²) in [5, 5.41) is -0.0845. The number of benzene rings is 1. The molecule has 0 spiro atoms. The predicted molar refractivity (Wildman–Crippen MR) is 74.8 cm³/mol. The fourth-order valence-corrected chi connectivity index (χ4v) is 1.82. The Kier molecular flexibility index (Phi) is 4.85. The van der Waals surface area contributed by atoms with E-state index in [4.69, 9.17) is 16.3 Å². The zero-order valence-corrected chi connectivity index (χ0v) is 12.2. The lowest BCUT2D eigenvalue weighted by Crippen LogP contribution is -2.24. The van der Waals surface area contributed by atoms with E-state index >= 15 is 0 Å². The molecule has 0 aliphatic rings. The van der Waals surface area contributed by atoms with Gasteiger partial charge in [-0.25, -0.2) is 8.78 Å². The highest BCUT2D eigenvalue weighted by Crippen LogP contribution is 2.24. The summed E-state index contributed by atoms with van der Waals surface area (Å²) >= 11 is 5.81. The van der Waals surface area contributed by atoms with Crippen molar-refractivity contribution >= 4 is 17.5 Å². The van der Waals surface area contributed by atoms with Gasteiger partial charge < -0.3 is 9.64 Å². The summed E-state index contributed by atoms with van der Waals surface area (Å²) in [6, 6.07) is 2.66. The lowest BCUT2D eigenvalue weighted by atomic mass is 10.3. The molecule has 8 heteroatoms. The molecule has 5 nitrogen and oxygen atoms in total. The van der Waals surface area contributed by atoms with E-state index in [2.05, 4.69) is 15.0 Å². The summed E-state index contributed by atoms with van der Waals surface area (Å²) in [5.41, 5.74) is 0. The van der Waals surface area contributed by atoms with Crippen molar-refractivity contribution in [2.45, 2.75) is 13.8 Å². The molecule has 21 heavy (non-hydrogen) atoms. The maximum atomic E-state index is 13.5. The second kappa shape index (κ2) is 6.62. The van der Waals surface area contributed by atoms with E-state index in [0.29, 0.717) is 19.0 Å². The number of hydrogen-bond acceptors (Lipinski definition) is 5. The van der Waals surface area contributed by atoms with Crippen LogP contribution in [0.5, 0.6) is 11.8 Å². The number of nitrogens with zero attached hydrogens (tertiary/aromatic N) is 4. The molecule has 0 atom stereocenters. The summed E-state index contributed by atoms with van der Waals surface area (Å²) in [6.45, 7) is 5.16. The van der Waals surface area contributed by atoms with E-state index < -0.39 is 11.6 Å². The highest BCUT2D eigenvalue weighted by atomic mass is 35.5. The van der Waals surface area contributed by atoms with Crippen molar-refractivity contribution in [3.63, 3.8) is 0 Å². The van der Waals surface area contributed by atoms with Gasteiger partial charge in [-0.2, -0.15) is 15.0 Å². The Balaban J connectivity index is 2.34. The third kappa shape index (κ3) is 3.75. The SMILES string of the molecule is CCN(CC)c1nc(Cl)nc(Oc2cc(F)ccc2F)n1. The zero-order chi connectivity index (χ0) is 15.4. The van der Waals surface area contributed by atoms with Crippen molar-refractivity contribution in [1.29, 1.82) is 0 Å². The minimum atomic E-state index is -0.725. The molecule has 0 aliphatic carbocycles. The van der Waals surface area contributed by atoms with Crippen LogP contribution >= 0.6 is 11.6 Å². The van der Waals surface area contributed by atoms with Crippen LogP contribution in [0.2, 0.25) is 5.28 Å². The van der Waals surface area contributed by atoms with Crippen LogP contribution in [0, 0.1) is 11.6 Å². The molecule has 0 fully saturated rings. The van der Waals surface area contributed by atoms with Gasteiger partial charge in [0.15, 0.2) is 11.6 Å². The summed E-state index contributed by atoms with van der Waals surface area (Å²) in [6.07, 6.45) is 0. The molecule has 0 radical (unpaired) electrons. The molecule has 0 unspecified atom stereocenters. The van der Waals surface area contributed by atoms with Crippen molar-refractivity contribution in [2.75, 3.05) is 18.0 Å². The highest BCUT2D eigenvalue weighted by Gasteiger charge is 2.13. The number of anilines is 1. The second-order valence-corrected chi connectivity index (χ2v) is 4.37. The molecular weight excluding hydrogens is 302 g/mol. The van der Waals surface area contributed by atoms with Crippen LogP contribution in [-0.2, 0) is 0 Å². The Bertz CT molecular complexity index is 638.